The number of sulfonamides is 1. The number of halogens is 3. The van der Waals surface area contributed by atoms with E-state index in [1.54, 1.807) is 25.3 Å². The molecule has 0 atom stereocenters. The van der Waals surface area contributed by atoms with Gasteiger partial charge in [-0.3, -0.25) is 9.82 Å². The normalized spacial score (nSPS) is 11.2. The maximum atomic E-state index is 14.9. The van der Waals surface area contributed by atoms with Crippen molar-refractivity contribution in [2.24, 2.45) is 0 Å². The highest BCUT2D eigenvalue weighted by molar-refractivity contribution is 7.92. The minimum Gasteiger partial charge on any atom is -0.277 e. The highest BCUT2D eigenvalue weighted by atomic mass is 35.5. The SMILES string of the molecule is Cc1ccc(Cl)c(S(=O)(=O)Nc2ccc(F)c(C#Cc3cnc4[nH]ncc4c3)c2F)c1. The molecule has 0 saturated carbocycles. The molecule has 0 aliphatic rings. The molecule has 2 N–H and O–H groups in total. The number of nitrogens with one attached hydrogen (secondary N) is 2. The first-order valence-electron chi connectivity index (χ1n) is 8.83. The van der Waals surface area contributed by atoms with Crippen molar-refractivity contribution in [1.29, 1.82) is 0 Å². The van der Waals surface area contributed by atoms with Crippen molar-refractivity contribution < 1.29 is 17.2 Å². The number of fused-ring (bicyclic) bond motifs is 1. The Hall–Kier alpha value is -3.48. The molecule has 0 radical (unpaired) electrons. The fourth-order valence-corrected chi connectivity index (χ4v) is 4.45. The third kappa shape index (κ3) is 4.21. The lowest BCUT2D eigenvalue weighted by molar-refractivity contribution is 0.578. The molecule has 4 aromatic rings. The van der Waals surface area contributed by atoms with Crippen LogP contribution in [0.2, 0.25) is 5.02 Å². The zero-order valence-corrected chi connectivity index (χ0v) is 17.4. The highest BCUT2D eigenvalue weighted by Crippen LogP contribution is 2.27. The van der Waals surface area contributed by atoms with E-state index in [1.165, 1.54) is 18.3 Å². The van der Waals surface area contributed by atoms with Crippen molar-refractivity contribution in [1.82, 2.24) is 15.2 Å². The standard InChI is InChI=1S/C21H13ClF2N4O2S/c1-12-2-5-16(22)19(8-12)31(29,30)28-18-7-6-17(23)15(20(18)24)4-3-13-9-14-11-26-27-21(14)25-10-13/h2,5-11,28H,1H3,(H,25,26,27). The van der Waals surface area contributed by atoms with Crippen molar-refractivity contribution in [2.75, 3.05) is 4.72 Å². The van der Waals surface area contributed by atoms with Crippen molar-refractivity contribution in [3.05, 3.63) is 82.1 Å². The average molecular weight is 459 g/mol. The summed E-state index contributed by atoms with van der Waals surface area (Å²) in [4.78, 5) is 3.88. The summed E-state index contributed by atoms with van der Waals surface area (Å²) in [5.74, 6) is 2.97. The van der Waals surface area contributed by atoms with Gasteiger partial charge in [-0.25, -0.2) is 22.2 Å². The molecule has 0 fully saturated rings. The maximum absolute atomic E-state index is 14.9. The first-order valence-corrected chi connectivity index (χ1v) is 10.7. The Morgan fingerprint density at radius 2 is 1.90 bits per heavy atom. The maximum Gasteiger partial charge on any atom is 0.263 e. The highest BCUT2D eigenvalue weighted by Gasteiger charge is 2.22. The molecule has 2 aromatic heterocycles. The van der Waals surface area contributed by atoms with Crippen LogP contribution < -0.4 is 4.72 Å². The zero-order chi connectivity index (χ0) is 22.2. The number of hydrogen-bond acceptors (Lipinski definition) is 4. The largest absolute Gasteiger partial charge is 0.277 e. The lowest BCUT2D eigenvalue weighted by Gasteiger charge is -2.12. The summed E-state index contributed by atoms with van der Waals surface area (Å²) in [7, 11) is -4.22. The number of H-pyrrole nitrogens is 1. The molecule has 10 heteroatoms. The molecule has 0 unspecified atom stereocenters. The minimum absolute atomic E-state index is 0.0252. The average Bonchev–Trinajstić information content (AvgIpc) is 3.19. The van der Waals surface area contributed by atoms with Crippen LogP contribution in [-0.2, 0) is 10.0 Å². The molecule has 4 rings (SSSR count). The molecule has 6 nitrogen and oxygen atoms in total. The summed E-state index contributed by atoms with van der Waals surface area (Å²) in [6.45, 7) is 1.69. The number of rotatable bonds is 3. The Morgan fingerprint density at radius 1 is 1.10 bits per heavy atom. The summed E-state index contributed by atoms with van der Waals surface area (Å²) in [5.41, 5.74) is 0.577. The Kier molecular flexibility index (Phi) is 5.35. The van der Waals surface area contributed by atoms with Crippen LogP contribution in [0.5, 0.6) is 0 Å². The molecular weight excluding hydrogens is 446 g/mol. The first kappa shape index (κ1) is 20.8. The molecular formula is C21H13ClF2N4O2S. The Bertz CT molecular complexity index is 1490. The summed E-state index contributed by atoms with van der Waals surface area (Å²) in [6, 6.07) is 7.99. The third-order valence-electron chi connectivity index (χ3n) is 4.33. The molecule has 0 bridgehead atoms. The second kappa shape index (κ2) is 7.98. The van der Waals surface area contributed by atoms with Gasteiger partial charge in [-0.05, 0) is 42.8 Å². The Morgan fingerprint density at radius 3 is 2.71 bits per heavy atom. The predicted octanol–water partition coefficient (Wildman–Crippen LogP) is 4.40. The van der Waals surface area contributed by atoms with Gasteiger partial charge in [0.05, 0.1) is 22.5 Å². The van der Waals surface area contributed by atoms with Crippen LogP contribution in [0.15, 0.2) is 53.7 Å². The second-order valence-corrected chi connectivity index (χ2v) is 8.66. The van der Waals surface area contributed by atoms with Gasteiger partial charge < -0.3 is 0 Å². The van der Waals surface area contributed by atoms with Crippen molar-refractivity contribution >= 4 is 38.3 Å². The number of benzene rings is 2. The molecule has 31 heavy (non-hydrogen) atoms. The molecule has 0 amide bonds. The van der Waals surface area contributed by atoms with Crippen LogP contribution in [0.3, 0.4) is 0 Å². The van der Waals surface area contributed by atoms with Crippen LogP contribution in [0, 0.1) is 30.4 Å². The summed E-state index contributed by atoms with van der Waals surface area (Å²) >= 11 is 5.99. The van der Waals surface area contributed by atoms with E-state index < -0.39 is 32.9 Å². The topological polar surface area (TPSA) is 87.7 Å². The van der Waals surface area contributed by atoms with Gasteiger partial charge >= 0.3 is 0 Å². The van der Waals surface area contributed by atoms with Gasteiger partial charge in [0.2, 0.25) is 0 Å². The van der Waals surface area contributed by atoms with E-state index in [-0.39, 0.29) is 9.92 Å². The molecule has 0 aliphatic heterocycles. The molecule has 0 aliphatic carbocycles. The predicted molar refractivity (Wildman–Crippen MR) is 113 cm³/mol. The van der Waals surface area contributed by atoms with Crippen LogP contribution >= 0.6 is 11.6 Å². The van der Waals surface area contributed by atoms with Gasteiger partial charge in [-0.2, -0.15) is 5.10 Å². The number of aryl methyl sites for hydroxylation is 1. The lowest BCUT2D eigenvalue weighted by Crippen LogP contribution is -2.15. The smallest absolute Gasteiger partial charge is 0.263 e. The van der Waals surface area contributed by atoms with Crippen molar-refractivity contribution in [2.45, 2.75) is 11.8 Å². The second-order valence-electron chi connectivity index (χ2n) is 6.61. The molecule has 0 spiro atoms. The van der Waals surface area contributed by atoms with E-state index in [1.807, 2.05) is 0 Å². The van der Waals surface area contributed by atoms with E-state index >= 15 is 0 Å². The van der Waals surface area contributed by atoms with Gasteiger partial charge in [0.15, 0.2) is 11.5 Å². The molecule has 156 valence electrons. The van der Waals surface area contributed by atoms with E-state index in [0.717, 1.165) is 12.1 Å². The fraction of sp³-hybridized carbons (Fsp3) is 0.0476. The first-order chi connectivity index (χ1) is 14.7. The van der Waals surface area contributed by atoms with Gasteiger partial charge in [0, 0.05) is 17.1 Å². The van der Waals surface area contributed by atoms with E-state index in [0.29, 0.717) is 22.2 Å². The van der Waals surface area contributed by atoms with E-state index in [9.17, 15) is 17.2 Å². The van der Waals surface area contributed by atoms with Crippen LogP contribution in [0.1, 0.15) is 16.7 Å². The third-order valence-corrected chi connectivity index (χ3v) is 6.18. The number of nitrogens with zero attached hydrogens (tertiary/aromatic N) is 2. The van der Waals surface area contributed by atoms with Crippen molar-refractivity contribution in [3.8, 4) is 11.8 Å². The van der Waals surface area contributed by atoms with Crippen LogP contribution in [0.4, 0.5) is 14.5 Å². The molecule has 2 heterocycles. The summed E-state index contributed by atoms with van der Waals surface area (Å²) < 4.78 is 56.7. The van der Waals surface area contributed by atoms with Crippen LogP contribution in [-0.4, -0.2) is 23.6 Å². The van der Waals surface area contributed by atoms with Gasteiger partial charge in [0.25, 0.3) is 10.0 Å². The number of pyridine rings is 1. The molecule has 0 saturated heterocycles. The monoisotopic (exact) mass is 458 g/mol. The van der Waals surface area contributed by atoms with Crippen LogP contribution in [0.25, 0.3) is 11.0 Å². The van der Waals surface area contributed by atoms with Gasteiger partial charge in [-0.15, -0.1) is 0 Å². The van der Waals surface area contributed by atoms with E-state index in [2.05, 4.69) is 31.7 Å². The quantitative estimate of drug-likeness (QED) is 0.445. The zero-order valence-electron chi connectivity index (χ0n) is 15.9. The number of hydrogen-bond donors (Lipinski definition) is 2. The Labute approximate surface area is 181 Å². The number of aromatic nitrogens is 3. The number of aromatic amines is 1. The molecule has 2 aromatic carbocycles. The van der Waals surface area contributed by atoms with Gasteiger partial charge in [-0.1, -0.05) is 29.5 Å². The summed E-state index contributed by atoms with van der Waals surface area (Å²) in [5, 5.41) is 7.19. The summed E-state index contributed by atoms with van der Waals surface area (Å²) in [6.07, 6.45) is 2.97. The van der Waals surface area contributed by atoms with Gasteiger partial charge in [0.1, 0.15) is 10.7 Å². The fourth-order valence-electron chi connectivity index (χ4n) is 2.80. The number of anilines is 1. The van der Waals surface area contributed by atoms with Crippen molar-refractivity contribution in [3.63, 3.8) is 0 Å². The Balaban J connectivity index is 1.70. The minimum atomic E-state index is -4.22. The lowest BCUT2D eigenvalue weighted by atomic mass is 10.1. The van der Waals surface area contributed by atoms with E-state index in [4.69, 9.17) is 11.6 Å².